The number of allylic oxidation sites excluding steroid dienone is 2. The van der Waals surface area contributed by atoms with E-state index in [2.05, 4.69) is 6.92 Å². The quantitative estimate of drug-likeness (QED) is 0.582. The lowest BCUT2D eigenvalue weighted by Crippen LogP contribution is -2.47. The Labute approximate surface area is 117 Å². The number of ketones is 1. The van der Waals surface area contributed by atoms with E-state index in [1.807, 2.05) is 13.0 Å². The van der Waals surface area contributed by atoms with Crippen LogP contribution in [0.4, 0.5) is 0 Å². The van der Waals surface area contributed by atoms with Crippen LogP contribution in [-0.2, 0) is 27.2 Å². The lowest BCUT2D eigenvalue weighted by Gasteiger charge is -2.43. The first kappa shape index (κ1) is 13.2. The topological polar surface area (TPSA) is 56.5 Å². The van der Waals surface area contributed by atoms with Gasteiger partial charge in [-0.1, -0.05) is 13.0 Å². The van der Waals surface area contributed by atoms with Crippen LogP contribution in [0.5, 0.6) is 0 Å². The molecule has 0 saturated heterocycles. The Bertz CT molecular complexity index is 610. The predicted octanol–water partition coefficient (Wildman–Crippen LogP) is 2.24. The van der Waals surface area contributed by atoms with E-state index < -0.39 is 11.9 Å². The van der Waals surface area contributed by atoms with E-state index in [1.54, 1.807) is 6.26 Å². The fourth-order valence-electron chi connectivity index (χ4n) is 3.54. The van der Waals surface area contributed by atoms with Crippen LogP contribution in [0, 0.1) is 24.2 Å². The normalized spacial score (nSPS) is 31.6. The Morgan fingerprint density at radius 3 is 2.95 bits per heavy atom. The van der Waals surface area contributed by atoms with Crippen LogP contribution in [0.25, 0.3) is 0 Å². The highest BCUT2D eigenvalue weighted by molar-refractivity contribution is 6.06. The molecule has 0 radical (unpaired) electrons. The average Bonchev–Trinajstić information content (AvgIpc) is 2.77. The van der Waals surface area contributed by atoms with Crippen LogP contribution in [0.1, 0.15) is 23.8 Å². The Morgan fingerprint density at radius 1 is 1.50 bits per heavy atom. The summed E-state index contributed by atoms with van der Waals surface area (Å²) in [5, 5.41) is 0. The van der Waals surface area contributed by atoms with Crippen LogP contribution in [-0.4, -0.2) is 18.9 Å². The molecule has 1 aromatic rings. The Hall–Kier alpha value is -1.84. The highest BCUT2D eigenvalue weighted by atomic mass is 16.5. The third-order valence-electron chi connectivity index (χ3n) is 4.80. The molecule has 3 atom stereocenters. The van der Waals surface area contributed by atoms with Gasteiger partial charge in [-0.15, -0.1) is 0 Å². The van der Waals surface area contributed by atoms with E-state index in [0.29, 0.717) is 6.42 Å². The second-order valence-corrected chi connectivity index (χ2v) is 6.05. The van der Waals surface area contributed by atoms with Crippen molar-refractivity contribution in [2.75, 3.05) is 7.11 Å². The van der Waals surface area contributed by atoms with Crippen molar-refractivity contribution in [1.82, 2.24) is 0 Å². The molecule has 20 heavy (non-hydrogen) atoms. The van der Waals surface area contributed by atoms with Gasteiger partial charge in [-0.25, -0.2) is 0 Å². The number of hydrogen-bond donors (Lipinski definition) is 0. The molecule has 0 saturated carbocycles. The number of furan rings is 1. The maximum atomic E-state index is 12.1. The van der Waals surface area contributed by atoms with Crippen molar-refractivity contribution in [3.05, 3.63) is 35.3 Å². The van der Waals surface area contributed by atoms with E-state index in [9.17, 15) is 9.59 Å². The van der Waals surface area contributed by atoms with Crippen molar-refractivity contribution < 1.29 is 18.7 Å². The summed E-state index contributed by atoms with van der Waals surface area (Å²) in [5.74, 6) is -0.360. The van der Waals surface area contributed by atoms with Gasteiger partial charge in [0.2, 0.25) is 0 Å². The number of methoxy groups -OCH3 is 1. The van der Waals surface area contributed by atoms with E-state index in [1.165, 1.54) is 13.2 Å². The first-order valence-electron chi connectivity index (χ1n) is 6.83. The van der Waals surface area contributed by atoms with E-state index in [0.717, 1.165) is 23.3 Å². The lowest BCUT2D eigenvalue weighted by atomic mass is 9.59. The van der Waals surface area contributed by atoms with Gasteiger partial charge >= 0.3 is 5.97 Å². The van der Waals surface area contributed by atoms with Gasteiger partial charge in [0.25, 0.3) is 0 Å². The lowest BCUT2D eigenvalue weighted by molar-refractivity contribution is -0.153. The smallest absolute Gasteiger partial charge is 0.316 e. The molecule has 1 heterocycles. The zero-order valence-corrected chi connectivity index (χ0v) is 11.9. The number of rotatable bonds is 1. The SMILES string of the molecule is COC(=O)[C@@H]1C(=O)C=C[C@@]2(C)Cc3occ(C)c3C[C@@H]12. The maximum Gasteiger partial charge on any atom is 0.316 e. The first-order chi connectivity index (χ1) is 9.46. The molecule has 0 aliphatic heterocycles. The molecular weight excluding hydrogens is 256 g/mol. The van der Waals surface area contributed by atoms with Crippen LogP contribution in [0.3, 0.4) is 0 Å². The van der Waals surface area contributed by atoms with Crippen molar-refractivity contribution in [3.8, 4) is 0 Å². The number of carbonyl (C=O) groups is 2. The van der Waals surface area contributed by atoms with Crippen molar-refractivity contribution in [2.24, 2.45) is 17.3 Å². The van der Waals surface area contributed by atoms with Crippen molar-refractivity contribution in [1.29, 1.82) is 0 Å². The van der Waals surface area contributed by atoms with Crippen molar-refractivity contribution in [3.63, 3.8) is 0 Å². The molecule has 0 unspecified atom stereocenters. The van der Waals surface area contributed by atoms with Gasteiger partial charge in [0.05, 0.1) is 13.4 Å². The van der Waals surface area contributed by atoms with Gasteiger partial charge in [-0.3, -0.25) is 9.59 Å². The third-order valence-corrected chi connectivity index (χ3v) is 4.80. The Kier molecular flexibility index (Phi) is 2.85. The van der Waals surface area contributed by atoms with Gasteiger partial charge in [0.1, 0.15) is 11.7 Å². The summed E-state index contributed by atoms with van der Waals surface area (Å²) in [4.78, 5) is 24.1. The van der Waals surface area contributed by atoms with Crippen LogP contribution in [0.2, 0.25) is 0 Å². The summed E-state index contributed by atoms with van der Waals surface area (Å²) in [7, 11) is 1.34. The molecule has 0 aromatic carbocycles. The van der Waals surface area contributed by atoms with Crippen LogP contribution < -0.4 is 0 Å². The zero-order chi connectivity index (χ0) is 14.5. The van der Waals surface area contributed by atoms with Gasteiger partial charge in [-0.2, -0.15) is 0 Å². The molecule has 0 fully saturated rings. The number of ether oxygens (including phenoxy) is 1. The number of hydrogen-bond acceptors (Lipinski definition) is 4. The first-order valence-corrected chi connectivity index (χ1v) is 6.83. The molecule has 2 aliphatic carbocycles. The minimum absolute atomic E-state index is 0.0590. The van der Waals surface area contributed by atoms with Gasteiger partial charge in [-0.05, 0) is 41.9 Å². The summed E-state index contributed by atoms with van der Waals surface area (Å²) in [6.07, 6.45) is 6.62. The van der Waals surface area contributed by atoms with Crippen LogP contribution >= 0.6 is 0 Å². The molecule has 106 valence electrons. The summed E-state index contributed by atoms with van der Waals surface area (Å²) < 4.78 is 10.5. The third kappa shape index (κ3) is 1.74. The molecular formula is C16H18O4. The molecule has 2 aliphatic rings. The second kappa shape index (κ2) is 4.33. The molecule has 0 amide bonds. The standard InChI is InChI=1S/C16H18O4/c1-9-8-20-13-7-16(2)5-4-12(17)14(15(18)19-3)11(16)6-10(9)13/h4-5,8,11,14H,6-7H2,1-3H3/t11-,14-,16-/m0/s1. The highest BCUT2D eigenvalue weighted by Gasteiger charge is 2.50. The molecule has 0 bridgehead atoms. The predicted molar refractivity (Wildman–Crippen MR) is 72.1 cm³/mol. The highest BCUT2D eigenvalue weighted by Crippen LogP contribution is 2.48. The molecule has 4 nitrogen and oxygen atoms in total. The van der Waals surface area contributed by atoms with Gasteiger partial charge < -0.3 is 9.15 Å². The monoisotopic (exact) mass is 274 g/mol. The average molecular weight is 274 g/mol. The fraction of sp³-hybridized carbons (Fsp3) is 0.500. The van der Waals surface area contributed by atoms with Gasteiger partial charge in [0, 0.05) is 6.42 Å². The zero-order valence-electron chi connectivity index (χ0n) is 11.9. The number of carbonyl (C=O) groups excluding carboxylic acids is 2. The van der Waals surface area contributed by atoms with Gasteiger partial charge in [0.15, 0.2) is 5.78 Å². The summed E-state index contributed by atoms with van der Waals surface area (Å²) in [6, 6.07) is 0. The molecule has 4 heteroatoms. The molecule has 1 aromatic heterocycles. The second-order valence-electron chi connectivity index (χ2n) is 6.05. The van der Waals surface area contributed by atoms with E-state index in [4.69, 9.17) is 9.15 Å². The largest absolute Gasteiger partial charge is 0.469 e. The number of fused-ring (bicyclic) bond motifs is 2. The summed E-state index contributed by atoms with van der Waals surface area (Å²) >= 11 is 0. The molecule has 3 rings (SSSR count). The fourth-order valence-corrected chi connectivity index (χ4v) is 3.54. The Morgan fingerprint density at radius 2 is 2.25 bits per heavy atom. The van der Waals surface area contributed by atoms with Crippen molar-refractivity contribution in [2.45, 2.75) is 26.7 Å². The van der Waals surface area contributed by atoms with E-state index >= 15 is 0 Å². The minimum atomic E-state index is -0.697. The summed E-state index contributed by atoms with van der Waals surface area (Å²) in [5.41, 5.74) is 2.00. The number of esters is 1. The van der Waals surface area contributed by atoms with Crippen LogP contribution in [0.15, 0.2) is 22.8 Å². The maximum absolute atomic E-state index is 12.1. The van der Waals surface area contributed by atoms with E-state index in [-0.39, 0.29) is 17.1 Å². The summed E-state index contributed by atoms with van der Waals surface area (Å²) in [6.45, 7) is 4.08. The molecule has 0 N–H and O–H groups in total. The minimum Gasteiger partial charge on any atom is -0.469 e. The molecule has 0 spiro atoms. The van der Waals surface area contributed by atoms with Crippen molar-refractivity contribution >= 4 is 11.8 Å². The number of aryl methyl sites for hydroxylation is 1. The Balaban J connectivity index is 2.07.